The number of rotatable bonds is 2. The van der Waals surface area contributed by atoms with Crippen LogP contribution in [0.4, 0.5) is 4.39 Å². The summed E-state index contributed by atoms with van der Waals surface area (Å²) in [4.78, 5) is 4.04. The van der Waals surface area contributed by atoms with Gasteiger partial charge in [-0.25, -0.2) is 4.39 Å². The molecule has 2 aromatic rings. The minimum atomic E-state index is -0.563. The highest BCUT2D eigenvalue weighted by Gasteiger charge is 2.07. The molecule has 4 heteroatoms. The molecule has 0 bridgehead atoms. The highest BCUT2D eigenvalue weighted by Crippen LogP contribution is 2.26. The van der Waals surface area contributed by atoms with Gasteiger partial charge in [-0.15, -0.1) is 0 Å². The van der Waals surface area contributed by atoms with Crippen LogP contribution < -0.4 is 4.74 Å². The minimum absolute atomic E-state index is 0.0834. The maximum absolute atomic E-state index is 13.6. The van der Waals surface area contributed by atoms with Crippen LogP contribution in [0.25, 0.3) is 0 Å². The van der Waals surface area contributed by atoms with Gasteiger partial charge in [-0.05, 0) is 37.3 Å². The Balaban J connectivity index is 2.32. The van der Waals surface area contributed by atoms with E-state index < -0.39 is 5.82 Å². The summed E-state index contributed by atoms with van der Waals surface area (Å²) in [5.41, 5.74) is 0.939. The first-order chi connectivity index (χ1) is 8.20. The zero-order valence-electron chi connectivity index (χ0n) is 9.14. The van der Waals surface area contributed by atoms with Gasteiger partial charge in [0.2, 0.25) is 0 Å². The Morgan fingerprint density at radius 3 is 2.76 bits per heavy atom. The van der Waals surface area contributed by atoms with Gasteiger partial charge in [-0.3, -0.25) is 4.98 Å². The van der Waals surface area contributed by atoms with E-state index in [-0.39, 0.29) is 11.3 Å². The molecular formula is C13H9FN2O. The third kappa shape index (κ3) is 2.40. The molecule has 0 saturated carbocycles. The van der Waals surface area contributed by atoms with Crippen LogP contribution in [0, 0.1) is 24.1 Å². The van der Waals surface area contributed by atoms with E-state index in [1.54, 1.807) is 25.3 Å². The summed E-state index contributed by atoms with van der Waals surface area (Å²) >= 11 is 0. The molecule has 1 aromatic carbocycles. The summed E-state index contributed by atoms with van der Waals surface area (Å²) in [6.45, 7) is 1.77. The Hall–Kier alpha value is -2.41. The number of hydrogen-bond donors (Lipinski definition) is 0. The number of ether oxygens (including phenoxy) is 1. The fraction of sp³-hybridized carbons (Fsp3) is 0.0769. The average molecular weight is 228 g/mol. The van der Waals surface area contributed by atoms with Crippen molar-refractivity contribution in [2.24, 2.45) is 0 Å². The topological polar surface area (TPSA) is 45.9 Å². The molecular weight excluding hydrogens is 219 g/mol. The van der Waals surface area contributed by atoms with Gasteiger partial charge in [-0.1, -0.05) is 0 Å². The molecule has 3 nitrogen and oxygen atoms in total. The van der Waals surface area contributed by atoms with Gasteiger partial charge in [0.15, 0.2) is 11.6 Å². The van der Waals surface area contributed by atoms with Crippen molar-refractivity contribution in [2.45, 2.75) is 6.92 Å². The van der Waals surface area contributed by atoms with Crippen molar-refractivity contribution in [1.29, 1.82) is 5.26 Å². The van der Waals surface area contributed by atoms with E-state index in [2.05, 4.69) is 4.98 Å². The van der Waals surface area contributed by atoms with Crippen LogP contribution in [0.2, 0.25) is 0 Å². The van der Waals surface area contributed by atoms with Crippen molar-refractivity contribution in [3.05, 3.63) is 53.6 Å². The maximum atomic E-state index is 13.6. The molecule has 0 unspecified atom stereocenters. The Morgan fingerprint density at radius 1 is 1.29 bits per heavy atom. The van der Waals surface area contributed by atoms with E-state index in [1.165, 1.54) is 12.1 Å². The molecule has 2 rings (SSSR count). The van der Waals surface area contributed by atoms with E-state index in [4.69, 9.17) is 10.00 Å². The first-order valence-corrected chi connectivity index (χ1v) is 5.00. The van der Waals surface area contributed by atoms with Crippen molar-refractivity contribution in [1.82, 2.24) is 4.98 Å². The lowest BCUT2D eigenvalue weighted by Crippen LogP contribution is -1.92. The van der Waals surface area contributed by atoms with Gasteiger partial charge in [-0.2, -0.15) is 5.26 Å². The number of nitriles is 1. The van der Waals surface area contributed by atoms with Crippen LogP contribution >= 0.6 is 0 Å². The van der Waals surface area contributed by atoms with E-state index in [1.807, 2.05) is 6.07 Å². The van der Waals surface area contributed by atoms with Crippen molar-refractivity contribution < 1.29 is 9.13 Å². The highest BCUT2D eigenvalue weighted by atomic mass is 19.1. The fourth-order valence-electron chi connectivity index (χ4n) is 1.35. The standard InChI is InChI=1S/C13H9FN2O/c1-9-12(3-2-6-16-9)17-13-5-4-10(8-15)7-11(13)14/h2-7H,1H3. The predicted octanol–water partition coefficient (Wildman–Crippen LogP) is 3.19. The smallest absolute Gasteiger partial charge is 0.167 e. The average Bonchev–Trinajstić information content (AvgIpc) is 2.34. The summed E-state index contributed by atoms with van der Waals surface area (Å²) in [6, 6.07) is 9.36. The van der Waals surface area contributed by atoms with E-state index in [0.29, 0.717) is 11.4 Å². The molecule has 0 radical (unpaired) electrons. The van der Waals surface area contributed by atoms with Gasteiger partial charge in [0, 0.05) is 6.20 Å². The van der Waals surface area contributed by atoms with Gasteiger partial charge in [0.25, 0.3) is 0 Å². The molecule has 0 aliphatic carbocycles. The number of aryl methyl sites for hydroxylation is 1. The van der Waals surface area contributed by atoms with Gasteiger partial charge < -0.3 is 4.74 Å². The molecule has 1 aromatic heterocycles. The fourth-order valence-corrected chi connectivity index (χ4v) is 1.35. The summed E-state index contributed by atoms with van der Waals surface area (Å²) < 4.78 is 19.0. The van der Waals surface area contributed by atoms with Crippen LogP contribution in [0.5, 0.6) is 11.5 Å². The van der Waals surface area contributed by atoms with Gasteiger partial charge in [0.05, 0.1) is 17.3 Å². The molecule has 17 heavy (non-hydrogen) atoms. The second-order valence-corrected chi connectivity index (χ2v) is 3.45. The summed E-state index contributed by atoms with van der Waals surface area (Å²) in [6.07, 6.45) is 1.64. The lowest BCUT2D eigenvalue weighted by molar-refractivity contribution is 0.437. The van der Waals surface area contributed by atoms with E-state index in [0.717, 1.165) is 6.07 Å². The van der Waals surface area contributed by atoms with Crippen LogP contribution in [-0.4, -0.2) is 4.98 Å². The molecule has 0 aliphatic rings. The van der Waals surface area contributed by atoms with Gasteiger partial charge in [0.1, 0.15) is 5.75 Å². The second-order valence-electron chi connectivity index (χ2n) is 3.45. The lowest BCUT2D eigenvalue weighted by Gasteiger charge is -2.08. The van der Waals surface area contributed by atoms with E-state index >= 15 is 0 Å². The van der Waals surface area contributed by atoms with Crippen molar-refractivity contribution in [2.75, 3.05) is 0 Å². The summed E-state index contributed by atoms with van der Waals surface area (Å²) in [5, 5.41) is 8.62. The minimum Gasteiger partial charge on any atom is -0.452 e. The number of pyridine rings is 1. The summed E-state index contributed by atoms with van der Waals surface area (Å²) in [5.74, 6) is 0.0171. The number of benzene rings is 1. The van der Waals surface area contributed by atoms with Crippen LogP contribution in [0.1, 0.15) is 11.3 Å². The van der Waals surface area contributed by atoms with Crippen molar-refractivity contribution in [3.63, 3.8) is 0 Å². The predicted molar refractivity (Wildman–Crippen MR) is 60.2 cm³/mol. The first-order valence-electron chi connectivity index (χ1n) is 5.00. The number of halogens is 1. The third-order valence-electron chi connectivity index (χ3n) is 2.24. The SMILES string of the molecule is Cc1ncccc1Oc1ccc(C#N)cc1F. The molecule has 0 amide bonds. The first kappa shape index (κ1) is 11.1. The molecule has 0 spiro atoms. The van der Waals surface area contributed by atoms with Crippen LogP contribution in [0.3, 0.4) is 0 Å². The second kappa shape index (κ2) is 4.62. The Labute approximate surface area is 98.1 Å². The number of aromatic nitrogens is 1. The molecule has 0 atom stereocenters. The van der Waals surface area contributed by atoms with Crippen LogP contribution in [0.15, 0.2) is 36.5 Å². The normalized spacial score (nSPS) is 9.71. The lowest BCUT2D eigenvalue weighted by atomic mass is 10.2. The Kier molecular flexibility index (Phi) is 3.01. The maximum Gasteiger partial charge on any atom is 0.167 e. The molecule has 0 fully saturated rings. The Morgan fingerprint density at radius 2 is 2.12 bits per heavy atom. The quantitative estimate of drug-likeness (QED) is 0.792. The zero-order valence-corrected chi connectivity index (χ0v) is 9.14. The summed E-state index contributed by atoms with van der Waals surface area (Å²) in [7, 11) is 0. The molecule has 0 aliphatic heterocycles. The number of hydrogen-bond acceptors (Lipinski definition) is 3. The Bertz CT molecular complexity index is 590. The highest BCUT2D eigenvalue weighted by molar-refractivity contribution is 5.39. The van der Waals surface area contributed by atoms with Gasteiger partial charge >= 0.3 is 0 Å². The molecule has 1 heterocycles. The molecule has 0 saturated heterocycles. The number of nitrogens with zero attached hydrogens (tertiary/aromatic N) is 2. The van der Waals surface area contributed by atoms with Crippen molar-refractivity contribution >= 4 is 0 Å². The molecule has 84 valence electrons. The third-order valence-corrected chi connectivity index (χ3v) is 2.24. The largest absolute Gasteiger partial charge is 0.452 e. The van der Waals surface area contributed by atoms with E-state index in [9.17, 15) is 4.39 Å². The van der Waals surface area contributed by atoms with Crippen molar-refractivity contribution in [3.8, 4) is 17.6 Å². The zero-order chi connectivity index (χ0) is 12.3. The molecule has 0 N–H and O–H groups in total. The monoisotopic (exact) mass is 228 g/mol. The van der Waals surface area contributed by atoms with Crippen LogP contribution in [-0.2, 0) is 0 Å².